The van der Waals surface area contributed by atoms with Crippen molar-refractivity contribution in [2.24, 2.45) is 0 Å². The molecule has 1 heteroatoms. The van der Waals surface area contributed by atoms with Crippen molar-refractivity contribution in [3.63, 3.8) is 0 Å². The van der Waals surface area contributed by atoms with Gasteiger partial charge in [-0.1, -0.05) is 137 Å². The Morgan fingerprint density at radius 1 is 0.340 bits per heavy atom. The zero-order valence-electron chi connectivity index (χ0n) is 27.4. The van der Waals surface area contributed by atoms with Crippen LogP contribution in [0.4, 0.5) is 17.1 Å². The molecular weight excluding hydrogens is 567 g/mol. The third-order valence-electron chi connectivity index (χ3n) is 10.9. The van der Waals surface area contributed by atoms with Crippen LogP contribution in [-0.4, -0.2) is 0 Å². The molecule has 0 N–H and O–H groups in total. The highest BCUT2D eigenvalue weighted by molar-refractivity contribution is 5.90. The summed E-state index contributed by atoms with van der Waals surface area (Å²) in [6.07, 6.45) is 0. The molecule has 2 aliphatic carbocycles. The van der Waals surface area contributed by atoms with Crippen molar-refractivity contribution in [1.82, 2.24) is 0 Å². The maximum Gasteiger partial charge on any atom is 0.0465 e. The van der Waals surface area contributed by atoms with Gasteiger partial charge in [0.05, 0.1) is 0 Å². The van der Waals surface area contributed by atoms with Crippen molar-refractivity contribution in [1.29, 1.82) is 0 Å². The van der Waals surface area contributed by atoms with E-state index in [4.69, 9.17) is 0 Å². The number of benzene rings is 7. The smallest absolute Gasteiger partial charge is 0.0465 e. The lowest BCUT2D eigenvalue weighted by Gasteiger charge is -2.30. The molecule has 0 amide bonds. The fourth-order valence-corrected chi connectivity index (χ4v) is 8.28. The fourth-order valence-electron chi connectivity index (χ4n) is 8.28. The normalized spacial score (nSPS) is 14.7. The van der Waals surface area contributed by atoms with Crippen LogP contribution < -0.4 is 4.90 Å². The summed E-state index contributed by atoms with van der Waals surface area (Å²) in [6.45, 7) is 9.44. The molecule has 0 fully saturated rings. The average Bonchev–Trinajstić information content (AvgIpc) is 3.48. The molecule has 1 nitrogen and oxygen atoms in total. The summed E-state index contributed by atoms with van der Waals surface area (Å²) in [5, 5.41) is 2.53. The van der Waals surface area contributed by atoms with Crippen LogP contribution >= 0.6 is 0 Å². The lowest BCUT2D eigenvalue weighted by molar-refractivity contribution is 0.660. The number of hydrogen-bond donors (Lipinski definition) is 0. The van der Waals surface area contributed by atoms with Crippen LogP contribution in [0.2, 0.25) is 0 Å². The largest absolute Gasteiger partial charge is 0.310 e. The third-order valence-corrected chi connectivity index (χ3v) is 10.9. The van der Waals surface area contributed by atoms with E-state index in [0.717, 1.165) is 5.69 Å². The van der Waals surface area contributed by atoms with E-state index in [9.17, 15) is 0 Å². The van der Waals surface area contributed by atoms with Crippen LogP contribution in [-0.2, 0) is 10.8 Å². The standard InChI is InChI=1S/C46H37N/c1-45(2)41-15-9-7-13-37(41)39-25-23-35(28-43(39)45)47(36-24-26-40-38-14-8-10-16-42(38)46(3,4)44(40)29-36)34-21-19-31(20-22-34)33-18-17-30-11-5-6-12-32(30)27-33/h5-29H,1-4H3. The van der Waals surface area contributed by atoms with Gasteiger partial charge >= 0.3 is 0 Å². The number of fused-ring (bicyclic) bond motifs is 7. The Labute approximate surface area is 277 Å². The molecule has 0 unspecified atom stereocenters. The molecule has 47 heavy (non-hydrogen) atoms. The molecule has 0 aromatic heterocycles. The van der Waals surface area contributed by atoms with Crippen molar-refractivity contribution in [2.45, 2.75) is 38.5 Å². The van der Waals surface area contributed by atoms with Gasteiger partial charge in [0.1, 0.15) is 0 Å². The van der Waals surface area contributed by atoms with E-state index in [2.05, 4.69) is 184 Å². The summed E-state index contributed by atoms with van der Waals surface area (Å²) in [5.74, 6) is 0. The third kappa shape index (κ3) is 4.16. The Hall–Kier alpha value is -5.40. The van der Waals surface area contributed by atoms with Gasteiger partial charge in [0.15, 0.2) is 0 Å². The van der Waals surface area contributed by atoms with Gasteiger partial charge in [-0.3, -0.25) is 0 Å². The second-order valence-electron chi connectivity index (χ2n) is 14.2. The molecule has 7 aromatic rings. The Bertz CT molecular complexity index is 2250. The van der Waals surface area contributed by atoms with Crippen LogP contribution in [0.5, 0.6) is 0 Å². The van der Waals surface area contributed by atoms with Crippen molar-refractivity contribution < 1.29 is 0 Å². The summed E-state index contributed by atoms with van der Waals surface area (Å²) in [5.41, 5.74) is 16.7. The second-order valence-corrected chi connectivity index (χ2v) is 14.2. The molecule has 0 bridgehead atoms. The van der Waals surface area contributed by atoms with Crippen LogP contribution in [0.3, 0.4) is 0 Å². The van der Waals surface area contributed by atoms with Gasteiger partial charge in [0, 0.05) is 27.9 Å². The first-order chi connectivity index (χ1) is 22.8. The van der Waals surface area contributed by atoms with E-state index in [1.165, 1.54) is 77.8 Å². The van der Waals surface area contributed by atoms with E-state index < -0.39 is 0 Å². The Morgan fingerprint density at radius 2 is 0.787 bits per heavy atom. The Morgan fingerprint density at radius 3 is 1.36 bits per heavy atom. The molecule has 0 aliphatic heterocycles. The van der Waals surface area contributed by atoms with E-state index in [1.54, 1.807) is 0 Å². The van der Waals surface area contributed by atoms with Crippen LogP contribution in [0, 0.1) is 0 Å². The van der Waals surface area contributed by atoms with Crippen LogP contribution in [0.25, 0.3) is 44.2 Å². The minimum absolute atomic E-state index is 0.0743. The lowest BCUT2D eigenvalue weighted by Crippen LogP contribution is -2.18. The van der Waals surface area contributed by atoms with Gasteiger partial charge in [-0.05, 0) is 109 Å². The number of rotatable bonds is 4. The molecule has 0 radical (unpaired) electrons. The maximum atomic E-state index is 2.45. The number of anilines is 3. The fraction of sp³-hybridized carbons (Fsp3) is 0.130. The molecule has 0 atom stereocenters. The Kier molecular flexibility index (Phi) is 5.96. The highest BCUT2D eigenvalue weighted by Gasteiger charge is 2.37. The molecule has 7 aromatic carbocycles. The van der Waals surface area contributed by atoms with Crippen LogP contribution in [0.15, 0.2) is 152 Å². The van der Waals surface area contributed by atoms with Gasteiger partial charge < -0.3 is 4.90 Å². The van der Waals surface area contributed by atoms with Gasteiger partial charge in [-0.25, -0.2) is 0 Å². The SMILES string of the molecule is CC1(C)c2ccccc2-c2ccc(N(c3ccc(-c4ccc5ccccc5c4)cc3)c3ccc4c(c3)C(C)(C)c3ccccc3-4)cc21. The van der Waals surface area contributed by atoms with Crippen molar-refractivity contribution in [2.75, 3.05) is 4.90 Å². The maximum absolute atomic E-state index is 2.45. The molecule has 226 valence electrons. The van der Waals surface area contributed by atoms with Gasteiger partial charge in [0.25, 0.3) is 0 Å². The summed E-state index contributed by atoms with van der Waals surface area (Å²) in [6, 6.07) is 56.3. The summed E-state index contributed by atoms with van der Waals surface area (Å²) >= 11 is 0. The Balaban J connectivity index is 1.19. The van der Waals surface area contributed by atoms with E-state index in [0.29, 0.717) is 0 Å². The van der Waals surface area contributed by atoms with Crippen LogP contribution in [0.1, 0.15) is 49.9 Å². The zero-order chi connectivity index (χ0) is 31.9. The van der Waals surface area contributed by atoms with E-state index >= 15 is 0 Å². The monoisotopic (exact) mass is 603 g/mol. The van der Waals surface area contributed by atoms with Gasteiger partial charge in [-0.15, -0.1) is 0 Å². The van der Waals surface area contributed by atoms with Crippen molar-refractivity contribution in [3.8, 4) is 33.4 Å². The minimum Gasteiger partial charge on any atom is -0.310 e. The molecule has 0 heterocycles. The van der Waals surface area contributed by atoms with Crippen molar-refractivity contribution in [3.05, 3.63) is 174 Å². The predicted molar refractivity (Wildman–Crippen MR) is 199 cm³/mol. The number of hydrogen-bond acceptors (Lipinski definition) is 1. The van der Waals surface area contributed by atoms with Gasteiger partial charge in [-0.2, -0.15) is 0 Å². The highest BCUT2D eigenvalue weighted by atomic mass is 15.1. The first kappa shape index (κ1) is 27.9. The first-order valence-electron chi connectivity index (χ1n) is 16.7. The number of nitrogens with zero attached hydrogens (tertiary/aromatic N) is 1. The van der Waals surface area contributed by atoms with E-state index in [-0.39, 0.29) is 10.8 Å². The molecular formula is C46H37N. The summed E-state index contributed by atoms with van der Waals surface area (Å²) in [4.78, 5) is 2.45. The van der Waals surface area contributed by atoms with Crippen molar-refractivity contribution >= 4 is 27.8 Å². The van der Waals surface area contributed by atoms with Gasteiger partial charge in [0.2, 0.25) is 0 Å². The highest BCUT2D eigenvalue weighted by Crippen LogP contribution is 2.53. The van der Waals surface area contributed by atoms with E-state index in [1.807, 2.05) is 0 Å². The summed E-state index contributed by atoms with van der Waals surface area (Å²) < 4.78 is 0. The lowest BCUT2D eigenvalue weighted by atomic mass is 9.82. The molecule has 2 aliphatic rings. The quantitative estimate of drug-likeness (QED) is 0.193. The first-order valence-corrected chi connectivity index (χ1v) is 16.7. The molecule has 9 rings (SSSR count). The molecule has 0 saturated carbocycles. The predicted octanol–water partition coefficient (Wildman–Crippen LogP) is 12.6. The topological polar surface area (TPSA) is 3.24 Å². The second kappa shape index (κ2) is 10.0. The molecule has 0 spiro atoms. The molecule has 0 saturated heterocycles. The average molecular weight is 604 g/mol. The zero-order valence-corrected chi connectivity index (χ0v) is 27.4. The summed E-state index contributed by atoms with van der Waals surface area (Å²) in [7, 11) is 0. The minimum atomic E-state index is -0.0743.